The molecule has 0 aliphatic carbocycles. The van der Waals surface area contributed by atoms with Gasteiger partial charge in [-0.2, -0.15) is 0 Å². The van der Waals surface area contributed by atoms with Crippen molar-refractivity contribution in [2.45, 2.75) is 52.5 Å². The summed E-state index contributed by atoms with van der Waals surface area (Å²) in [6.07, 6.45) is 4.12. The number of nitrogens with zero attached hydrogens (tertiary/aromatic N) is 1. The highest BCUT2D eigenvalue weighted by molar-refractivity contribution is 7.11. The maximum Gasteiger partial charge on any atom is 0.220 e. The van der Waals surface area contributed by atoms with Crippen molar-refractivity contribution in [3.63, 3.8) is 0 Å². The van der Waals surface area contributed by atoms with E-state index in [0.29, 0.717) is 12.3 Å². The molecule has 4 nitrogen and oxygen atoms in total. The van der Waals surface area contributed by atoms with E-state index in [-0.39, 0.29) is 11.9 Å². The lowest BCUT2D eigenvalue weighted by atomic mass is 9.94. The molecule has 2 rings (SSSR count). The average molecular weight is 295 g/mol. The van der Waals surface area contributed by atoms with Crippen LogP contribution in [0.25, 0.3) is 0 Å². The Labute approximate surface area is 125 Å². The van der Waals surface area contributed by atoms with Crippen molar-refractivity contribution < 1.29 is 4.79 Å². The van der Waals surface area contributed by atoms with Gasteiger partial charge < -0.3 is 10.6 Å². The first-order valence-electron chi connectivity index (χ1n) is 7.50. The van der Waals surface area contributed by atoms with Gasteiger partial charge in [-0.15, -0.1) is 11.3 Å². The summed E-state index contributed by atoms with van der Waals surface area (Å²) in [6.45, 7) is 8.25. The minimum absolute atomic E-state index is 0.0678. The maximum absolute atomic E-state index is 12.0. The second kappa shape index (κ2) is 7.18. The Morgan fingerprint density at radius 2 is 2.35 bits per heavy atom. The summed E-state index contributed by atoms with van der Waals surface area (Å²) in [5.41, 5.74) is 1.04. The van der Waals surface area contributed by atoms with Gasteiger partial charge in [0.05, 0.1) is 16.7 Å². The Hall–Kier alpha value is -0.940. The van der Waals surface area contributed by atoms with E-state index >= 15 is 0 Å². The molecule has 1 fully saturated rings. The fourth-order valence-corrected chi connectivity index (χ4v) is 3.76. The first kappa shape index (κ1) is 15.4. The van der Waals surface area contributed by atoms with E-state index in [2.05, 4.69) is 15.6 Å². The fraction of sp³-hybridized carbons (Fsp3) is 0.733. The molecule has 1 aromatic rings. The van der Waals surface area contributed by atoms with Crippen LogP contribution in [0.5, 0.6) is 0 Å². The van der Waals surface area contributed by atoms with Crippen LogP contribution in [0.3, 0.4) is 0 Å². The third-order valence-electron chi connectivity index (χ3n) is 3.89. The number of rotatable bonds is 5. The number of hydrogen-bond donors (Lipinski definition) is 2. The minimum Gasteiger partial charge on any atom is -0.349 e. The zero-order chi connectivity index (χ0) is 14.5. The molecule has 1 saturated heterocycles. The molecule has 1 aromatic heterocycles. The van der Waals surface area contributed by atoms with Crippen molar-refractivity contribution in [1.82, 2.24) is 15.6 Å². The summed E-state index contributed by atoms with van der Waals surface area (Å²) in [7, 11) is 0. The third kappa shape index (κ3) is 4.28. The first-order valence-corrected chi connectivity index (χ1v) is 8.32. The Bertz CT molecular complexity index is 452. The van der Waals surface area contributed by atoms with Gasteiger partial charge in [-0.05, 0) is 59.0 Å². The van der Waals surface area contributed by atoms with E-state index < -0.39 is 0 Å². The molecule has 0 aromatic carbocycles. The van der Waals surface area contributed by atoms with E-state index in [9.17, 15) is 4.79 Å². The number of nitrogens with one attached hydrogen (secondary N) is 2. The molecular weight excluding hydrogens is 270 g/mol. The lowest BCUT2D eigenvalue weighted by Gasteiger charge is -2.22. The Balaban J connectivity index is 1.77. The smallest absolute Gasteiger partial charge is 0.220 e. The van der Waals surface area contributed by atoms with Crippen LogP contribution in [-0.4, -0.2) is 24.0 Å². The van der Waals surface area contributed by atoms with E-state index in [4.69, 9.17) is 0 Å². The van der Waals surface area contributed by atoms with E-state index in [1.807, 2.05) is 20.8 Å². The van der Waals surface area contributed by atoms with E-state index in [1.165, 1.54) is 17.7 Å². The zero-order valence-corrected chi connectivity index (χ0v) is 13.5. The van der Waals surface area contributed by atoms with Gasteiger partial charge in [-0.25, -0.2) is 4.98 Å². The van der Waals surface area contributed by atoms with E-state index in [0.717, 1.165) is 30.2 Å². The highest BCUT2D eigenvalue weighted by Crippen LogP contribution is 2.24. The van der Waals surface area contributed by atoms with Gasteiger partial charge in [0.25, 0.3) is 0 Å². The minimum atomic E-state index is 0.0678. The highest BCUT2D eigenvalue weighted by Gasteiger charge is 2.17. The molecule has 2 unspecified atom stereocenters. The van der Waals surface area contributed by atoms with Crippen LogP contribution in [0.4, 0.5) is 0 Å². The monoisotopic (exact) mass is 295 g/mol. The van der Waals surface area contributed by atoms with Gasteiger partial charge in [0.2, 0.25) is 5.91 Å². The van der Waals surface area contributed by atoms with Crippen molar-refractivity contribution >= 4 is 17.2 Å². The predicted octanol–water partition coefficient (Wildman–Crippen LogP) is 2.72. The van der Waals surface area contributed by atoms with Gasteiger partial charge in [0.15, 0.2) is 0 Å². The summed E-state index contributed by atoms with van der Waals surface area (Å²) in [5.74, 6) is 0.825. The van der Waals surface area contributed by atoms with Crippen LogP contribution in [0.15, 0.2) is 0 Å². The number of carbonyl (C=O) groups is 1. The fourth-order valence-electron chi connectivity index (χ4n) is 2.83. The first-order chi connectivity index (χ1) is 9.56. The molecule has 2 heterocycles. The van der Waals surface area contributed by atoms with Crippen molar-refractivity contribution in [2.75, 3.05) is 13.1 Å². The maximum atomic E-state index is 12.0. The van der Waals surface area contributed by atoms with Gasteiger partial charge in [0.1, 0.15) is 0 Å². The molecule has 1 aliphatic heterocycles. The molecular formula is C15H25N3OS. The molecule has 5 heteroatoms. The molecule has 0 spiro atoms. The van der Waals surface area contributed by atoms with Crippen molar-refractivity contribution in [3.8, 4) is 0 Å². The molecule has 2 atom stereocenters. The van der Waals surface area contributed by atoms with E-state index in [1.54, 1.807) is 11.3 Å². The quantitative estimate of drug-likeness (QED) is 0.878. The Kier molecular flexibility index (Phi) is 5.54. The van der Waals surface area contributed by atoms with Crippen molar-refractivity contribution in [1.29, 1.82) is 0 Å². The van der Waals surface area contributed by atoms with Gasteiger partial charge in [-0.3, -0.25) is 4.79 Å². The summed E-state index contributed by atoms with van der Waals surface area (Å²) < 4.78 is 0. The second-order valence-corrected chi connectivity index (χ2v) is 6.96. The van der Waals surface area contributed by atoms with Crippen molar-refractivity contribution in [3.05, 3.63) is 15.6 Å². The number of amides is 1. The SMILES string of the molecule is Cc1nc(C)c(C(C)NC(=O)CCC2CCCNC2)s1. The van der Waals surface area contributed by atoms with Gasteiger partial charge in [0, 0.05) is 11.3 Å². The predicted molar refractivity (Wildman–Crippen MR) is 83.0 cm³/mol. The van der Waals surface area contributed by atoms with Crippen LogP contribution in [-0.2, 0) is 4.79 Å². The second-order valence-electron chi connectivity index (χ2n) is 5.72. The number of hydrogen-bond acceptors (Lipinski definition) is 4. The van der Waals surface area contributed by atoms with Crippen LogP contribution in [0, 0.1) is 19.8 Å². The Morgan fingerprint density at radius 1 is 1.55 bits per heavy atom. The molecule has 1 amide bonds. The summed E-state index contributed by atoms with van der Waals surface area (Å²) in [4.78, 5) is 17.6. The number of piperidine rings is 1. The number of carbonyl (C=O) groups excluding carboxylic acids is 1. The van der Waals surface area contributed by atoms with Gasteiger partial charge in [-0.1, -0.05) is 0 Å². The van der Waals surface area contributed by atoms with Gasteiger partial charge >= 0.3 is 0 Å². The molecule has 0 radical (unpaired) electrons. The number of thiazole rings is 1. The Morgan fingerprint density at radius 3 is 2.95 bits per heavy atom. The lowest BCUT2D eigenvalue weighted by Crippen LogP contribution is -2.31. The topological polar surface area (TPSA) is 54.0 Å². The van der Waals surface area contributed by atoms with Crippen molar-refractivity contribution in [2.24, 2.45) is 5.92 Å². The largest absolute Gasteiger partial charge is 0.349 e. The van der Waals surface area contributed by atoms with Crippen LogP contribution >= 0.6 is 11.3 Å². The summed E-state index contributed by atoms with van der Waals surface area (Å²) >= 11 is 1.67. The summed E-state index contributed by atoms with van der Waals surface area (Å²) in [5, 5.41) is 7.56. The lowest BCUT2D eigenvalue weighted by molar-refractivity contribution is -0.122. The number of aromatic nitrogens is 1. The molecule has 0 saturated carbocycles. The molecule has 0 bridgehead atoms. The number of aryl methyl sites for hydroxylation is 2. The standard InChI is InChI=1S/C15H25N3OS/c1-10-15(20-12(3)17-10)11(2)18-14(19)7-6-13-5-4-8-16-9-13/h11,13,16H,4-9H2,1-3H3,(H,18,19). The summed E-state index contributed by atoms with van der Waals surface area (Å²) in [6, 6.07) is 0.0678. The highest BCUT2D eigenvalue weighted by atomic mass is 32.1. The van der Waals surface area contributed by atoms with Crippen LogP contribution in [0.1, 0.15) is 54.2 Å². The molecule has 2 N–H and O–H groups in total. The normalized spacial score (nSPS) is 20.6. The third-order valence-corrected chi connectivity index (χ3v) is 5.14. The molecule has 1 aliphatic rings. The molecule has 112 valence electrons. The van der Waals surface area contributed by atoms with Crippen LogP contribution < -0.4 is 10.6 Å². The molecule has 20 heavy (non-hydrogen) atoms. The average Bonchev–Trinajstić information content (AvgIpc) is 2.77. The van der Waals surface area contributed by atoms with Crippen LogP contribution in [0.2, 0.25) is 0 Å². The zero-order valence-electron chi connectivity index (χ0n) is 12.7.